The Labute approximate surface area is 297 Å². The van der Waals surface area contributed by atoms with Gasteiger partial charge in [0.25, 0.3) is 0 Å². The molecule has 2 aromatic carbocycles. The van der Waals surface area contributed by atoms with Crippen LogP contribution in [0.3, 0.4) is 0 Å². The molecule has 5 rings (SSSR count). The second-order valence-electron chi connectivity index (χ2n) is 13.4. The maximum atomic E-state index is 13.1. The zero-order valence-corrected chi connectivity index (χ0v) is 29.7. The number of nitrogens with zero attached hydrogens (tertiary/aromatic N) is 4. The Balaban J connectivity index is 1.17. The molecule has 270 valence electrons. The number of amides is 4. The molecule has 0 saturated carbocycles. The third-order valence-electron chi connectivity index (χ3n) is 8.30. The number of H-pyrrole nitrogens is 2. The average Bonchev–Trinajstić information content (AvgIpc) is 3.78. The Morgan fingerprint density at radius 2 is 1.47 bits per heavy atom. The number of piperidine rings is 1. The lowest BCUT2D eigenvalue weighted by Crippen LogP contribution is -2.52. The molecule has 0 spiro atoms. The zero-order chi connectivity index (χ0) is 36.5. The average molecular weight is 699 g/mol. The van der Waals surface area contributed by atoms with Gasteiger partial charge in [-0.1, -0.05) is 55.5 Å². The highest BCUT2D eigenvalue weighted by Crippen LogP contribution is 2.27. The van der Waals surface area contributed by atoms with Gasteiger partial charge in [-0.05, 0) is 62.3 Å². The summed E-state index contributed by atoms with van der Waals surface area (Å²) in [4.78, 5) is 68.4. The molecule has 1 aliphatic heterocycles. The van der Waals surface area contributed by atoms with Crippen molar-refractivity contribution in [2.45, 2.75) is 71.7 Å². The summed E-state index contributed by atoms with van der Waals surface area (Å²) < 4.78 is 9.88. The second-order valence-corrected chi connectivity index (χ2v) is 13.4. The fourth-order valence-corrected chi connectivity index (χ4v) is 5.80. The lowest BCUT2D eigenvalue weighted by molar-refractivity contribution is -0.136. The van der Waals surface area contributed by atoms with Crippen LogP contribution in [0.25, 0.3) is 33.6 Å². The number of benzene rings is 2. The quantitative estimate of drug-likeness (QED) is 0.155. The molecule has 1 saturated heterocycles. The van der Waals surface area contributed by atoms with Crippen LogP contribution in [0.2, 0.25) is 0 Å². The Hall–Kier alpha value is -5.66. The molecular formula is C37H46N8O6. The summed E-state index contributed by atoms with van der Waals surface area (Å²) in [5.74, 6) is 0.943. The van der Waals surface area contributed by atoms with E-state index in [-0.39, 0.29) is 18.4 Å². The molecule has 1 fully saturated rings. The van der Waals surface area contributed by atoms with Gasteiger partial charge in [-0.3, -0.25) is 9.59 Å². The third-order valence-corrected chi connectivity index (χ3v) is 8.30. The number of carbonyl (C=O) groups excluding carboxylic acids is 4. The minimum atomic E-state index is -0.651. The normalized spacial score (nSPS) is 14.6. The van der Waals surface area contributed by atoms with Crippen molar-refractivity contribution in [3.63, 3.8) is 0 Å². The zero-order valence-electron chi connectivity index (χ0n) is 29.7. The minimum Gasteiger partial charge on any atom is -0.453 e. The second kappa shape index (κ2) is 16.4. The Morgan fingerprint density at radius 3 is 2.04 bits per heavy atom. The van der Waals surface area contributed by atoms with E-state index in [0.29, 0.717) is 44.2 Å². The van der Waals surface area contributed by atoms with Crippen molar-refractivity contribution < 1.29 is 28.7 Å². The van der Waals surface area contributed by atoms with Crippen LogP contribution in [0.5, 0.6) is 0 Å². The van der Waals surface area contributed by atoms with Crippen LogP contribution >= 0.6 is 0 Å². The van der Waals surface area contributed by atoms with Gasteiger partial charge in [-0.25, -0.2) is 19.6 Å². The molecule has 0 aliphatic carbocycles. The number of likely N-dealkylation sites (tertiary alicyclic amines) is 1. The number of ether oxygens (including phenoxy) is 2. The summed E-state index contributed by atoms with van der Waals surface area (Å²) in [7, 11) is 1.25. The summed E-state index contributed by atoms with van der Waals surface area (Å²) in [6.07, 6.45) is 4.37. The first-order chi connectivity index (χ1) is 24.4. The monoisotopic (exact) mass is 698 g/mol. The van der Waals surface area contributed by atoms with Crippen LogP contribution in [0.15, 0.2) is 60.9 Å². The number of methoxy groups -OCH3 is 1. The van der Waals surface area contributed by atoms with Gasteiger partial charge in [0, 0.05) is 13.1 Å². The Morgan fingerprint density at radius 1 is 0.902 bits per heavy atom. The molecule has 14 heteroatoms. The van der Waals surface area contributed by atoms with E-state index in [1.165, 1.54) is 7.11 Å². The lowest BCUT2D eigenvalue weighted by atomic mass is 10.0. The van der Waals surface area contributed by atoms with Crippen LogP contribution in [-0.2, 0) is 32.2 Å². The minimum absolute atomic E-state index is 0.148. The molecule has 1 atom stereocenters. The first kappa shape index (κ1) is 36.6. The topological polar surface area (TPSA) is 175 Å². The highest BCUT2D eigenvalue weighted by molar-refractivity contribution is 5.86. The number of imidazole rings is 2. The highest BCUT2D eigenvalue weighted by atomic mass is 16.6. The predicted octanol–water partition coefficient (Wildman–Crippen LogP) is 5.24. The van der Waals surface area contributed by atoms with Gasteiger partial charge >= 0.3 is 12.2 Å². The molecule has 1 aliphatic rings. The van der Waals surface area contributed by atoms with E-state index >= 15 is 0 Å². The van der Waals surface area contributed by atoms with Gasteiger partial charge in [-0.2, -0.15) is 0 Å². The molecule has 2 aromatic heterocycles. The van der Waals surface area contributed by atoms with Crippen LogP contribution in [0.4, 0.5) is 9.59 Å². The third kappa shape index (κ3) is 9.96. The SMILES string of the molecule is CCCN(Cc1ncc(-c2ccc(-c3ccc(-c4cnc(CN5CCC[C@@H](NC(=O)OC(C)(C)C)C5=O)[nH]4)cc3)cc2)[nH]1)C(=O)CNC(=O)OC. The van der Waals surface area contributed by atoms with Gasteiger partial charge in [0.05, 0.1) is 44.0 Å². The molecule has 14 nitrogen and oxygen atoms in total. The molecule has 4 amide bonds. The smallest absolute Gasteiger partial charge is 0.408 e. The standard InChI is InChI=1S/C37H46N8O6/c1-6-17-44(33(46)21-40-35(48)50-5)22-31-38-19-29(41-31)26-13-9-24(10-14-26)25-11-15-27(16-12-25)30-20-39-32(42-30)23-45-18-7-8-28(34(45)47)43-36(49)51-37(2,3)4/h9-16,19-20,28H,6-8,17-18,21-23H2,1-5H3,(H,38,41)(H,39,42)(H,40,48)(H,43,49)/t28-/m1/s1. The molecular weight excluding hydrogens is 652 g/mol. The molecule has 3 heterocycles. The fraction of sp³-hybridized carbons (Fsp3) is 0.405. The molecule has 0 radical (unpaired) electrons. The van der Waals surface area contributed by atoms with Crippen molar-refractivity contribution >= 4 is 24.0 Å². The van der Waals surface area contributed by atoms with E-state index in [2.05, 4.69) is 47.4 Å². The molecule has 51 heavy (non-hydrogen) atoms. The molecule has 0 unspecified atom stereocenters. The largest absolute Gasteiger partial charge is 0.453 e. The van der Waals surface area contributed by atoms with E-state index in [1.54, 1.807) is 43.0 Å². The molecule has 0 bridgehead atoms. The van der Waals surface area contributed by atoms with Crippen molar-refractivity contribution in [2.24, 2.45) is 0 Å². The summed E-state index contributed by atoms with van der Waals surface area (Å²) >= 11 is 0. The van der Waals surface area contributed by atoms with Crippen molar-refractivity contribution in [3.8, 4) is 33.6 Å². The van der Waals surface area contributed by atoms with Crippen LogP contribution in [0, 0.1) is 0 Å². The predicted molar refractivity (Wildman–Crippen MR) is 191 cm³/mol. The van der Waals surface area contributed by atoms with E-state index in [9.17, 15) is 19.2 Å². The maximum absolute atomic E-state index is 13.1. The fourth-order valence-electron chi connectivity index (χ4n) is 5.80. The maximum Gasteiger partial charge on any atom is 0.408 e. The van der Waals surface area contributed by atoms with Gasteiger partial charge < -0.3 is 39.9 Å². The van der Waals surface area contributed by atoms with Crippen molar-refractivity contribution in [1.29, 1.82) is 0 Å². The summed E-state index contributed by atoms with van der Waals surface area (Å²) in [6, 6.07) is 15.7. The number of rotatable bonds is 12. The number of hydrogen-bond acceptors (Lipinski definition) is 8. The Kier molecular flexibility index (Phi) is 11.7. The van der Waals surface area contributed by atoms with Gasteiger partial charge in [0.2, 0.25) is 11.8 Å². The van der Waals surface area contributed by atoms with Gasteiger partial charge in [0.1, 0.15) is 29.8 Å². The van der Waals surface area contributed by atoms with Crippen molar-refractivity contribution in [1.82, 2.24) is 40.4 Å². The number of hydrogen-bond donors (Lipinski definition) is 4. The molecule has 4 N–H and O–H groups in total. The van der Waals surface area contributed by atoms with Crippen molar-refractivity contribution in [2.75, 3.05) is 26.7 Å². The van der Waals surface area contributed by atoms with Gasteiger partial charge in [-0.15, -0.1) is 0 Å². The van der Waals surface area contributed by atoms with E-state index in [1.807, 2.05) is 43.3 Å². The van der Waals surface area contributed by atoms with Crippen LogP contribution < -0.4 is 10.6 Å². The first-order valence-electron chi connectivity index (χ1n) is 17.1. The summed E-state index contributed by atoms with van der Waals surface area (Å²) in [6.45, 7) is 8.92. The van der Waals surface area contributed by atoms with Crippen LogP contribution in [0.1, 0.15) is 58.6 Å². The Bertz CT molecular complexity index is 1810. The number of aromatic nitrogens is 4. The summed E-state index contributed by atoms with van der Waals surface area (Å²) in [5, 5.41) is 5.14. The van der Waals surface area contributed by atoms with E-state index in [0.717, 1.165) is 46.5 Å². The lowest BCUT2D eigenvalue weighted by Gasteiger charge is -2.32. The number of carbonyl (C=O) groups is 4. The molecule has 4 aromatic rings. The van der Waals surface area contributed by atoms with Crippen molar-refractivity contribution in [3.05, 3.63) is 72.6 Å². The summed E-state index contributed by atoms with van der Waals surface area (Å²) in [5.41, 5.74) is 5.05. The van der Waals surface area contributed by atoms with E-state index < -0.39 is 23.8 Å². The number of alkyl carbamates (subject to hydrolysis) is 2. The van der Waals surface area contributed by atoms with Crippen LogP contribution in [-0.4, -0.2) is 92.1 Å². The first-order valence-corrected chi connectivity index (χ1v) is 17.1. The number of aromatic amines is 2. The van der Waals surface area contributed by atoms with E-state index in [4.69, 9.17) is 4.74 Å². The highest BCUT2D eigenvalue weighted by Gasteiger charge is 2.31. The van der Waals surface area contributed by atoms with Gasteiger partial charge in [0.15, 0.2) is 0 Å². The number of nitrogens with one attached hydrogen (secondary N) is 4.